The Kier molecular flexibility index (Phi) is 2.35. The van der Waals surface area contributed by atoms with Gasteiger partial charge in [-0.25, -0.2) is 4.98 Å². The van der Waals surface area contributed by atoms with Gasteiger partial charge in [-0.15, -0.1) is 6.42 Å². The maximum atomic E-state index is 10.9. The third-order valence-corrected chi connectivity index (χ3v) is 1.72. The summed E-state index contributed by atoms with van der Waals surface area (Å²) < 4.78 is 0. The van der Waals surface area contributed by atoms with Gasteiger partial charge in [-0.05, 0) is 0 Å². The lowest BCUT2D eigenvalue weighted by Gasteiger charge is -2.17. The number of hydrogen-bond acceptors (Lipinski definition) is 3. The summed E-state index contributed by atoms with van der Waals surface area (Å²) in [7, 11) is 0. The third kappa shape index (κ3) is 1.86. The van der Waals surface area contributed by atoms with Crippen LogP contribution in [0, 0.1) is 12.3 Å². The van der Waals surface area contributed by atoms with Crippen molar-refractivity contribution in [2.75, 3.05) is 0 Å². The van der Waals surface area contributed by atoms with Crippen molar-refractivity contribution >= 4 is 5.91 Å². The van der Waals surface area contributed by atoms with Crippen molar-refractivity contribution in [3.8, 4) is 12.3 Å². The zero-order valence-corrected chi connectivity index (χ0v) is 6.95. The molecule has 0 saturated carbocycles. The molecule has 0 fully saturated rings. The number of terminal acetylenes is 1. The zero-order valence-electron chi connectivity index (χ0n) is 6.95. The fourth-order valence-corrected chi connectivity index (χ4v) is 0.891. The normalized spacial score (nSPS) is 14.5. The second-order valence-electron chi connectivity index (χ2n) is 2.73. The summed E-state index contributed by atoms with van der Waals surface area (Å²) in [5, 5.41) is 0. The first kappa shape index (κ1) is 9.29. The predicted molar refractivity (Wildman–Crippen MR) is 47.2 cm³/mol. The van der Waals surface area contributed by atoms with Crippen molar-refractivity contribution in [2.24, 2.45) is 11.5 Å². The average Bonchev–Trinajstić information content (AvgIpc) is 2.56. The summed E-state index contributed by atoms with van der Waals surface area (Å²) in [5.74, 6) is 1.45. The average molecular weight is 178 g/mol. The number of nitrogens with zero attached hydrogens (tertiary/aromatic N) is 1. The summed E-state index contributed by atoms with van der Waals surface area (Å²) in [4.78, 5) is 17.5. The highest BCUT2D eigenvalue weighted by molar-refractivity contribution is 5.88. The van der Waals surface area contributed by atoms with E-state index in [1.54, 1.807) is 6.20 Å². The van der Waals surface area contributed by atoms with Crippen molar-refractivity contribution in [2.45, 2.75) is 12.0 Å². The first-order valence-electron chi connectivity index (χ1n) is 3.62. The molecule has 5 nitrogen and oxygen atoms in total. The van der Waals surface area contributed by atoms with Gasteiger partial charge in [0.15, 0.2) is 5.54 Å². The zero-order chi connectivity index (χ0) is 9.90. The Morgan fingerprint density at radius 1 is 1.85 bits per heavy atom. The molecule has 0 spiro atoms. The van der Waals surface area contributed by atoms with Crippen LogP contribution in [-0.4, -0.2) is 21.4 Å². The molecule has 0 aliphatic carbocycles. The molecule has 1 atom stereocenters. The number of carbonyl (C=O) groups excluding carboxylic acids is 1. The molecule has 1 aromatic heterocycles. The number of primary amides is 1. The molecule has 1 heterocycles. The van der Waals surface area contributed by atoms with Crippen LogP contribution in [0.2, 0.25) is 0 Å². The molecule has 0 aliphatic rings. The molecule has 0 aromatic carbocycles. The molecule has 1 unspecified atom stereocenters. The van der Waals surface area contributed by atoms with Crippen molar-refractivity contribution in [1.29, 1.82) is 0 Å². The number of carbonyl (C=O) groups is 1. The Hall–Kier alpha value is -1.80. The second-order valence-corrected chi connectivity index (χ2v) is 2.73. The fraction of sp³-hybridized carbons (Fsp3) is 0.250. The highest BCUT2D eigenvalue weighted by atomic mass is 16.1. The lowest BCUT2D eigenvalue weighted by atomic mass is 9.95. The molecule has 0 bridgehead atoms. The Balaban J connectivity index is 2.83. The van der Waals surface area contributed by atoms with E-state index in [1.165, 1.54) is 6.33 Å². The van der Waals surface area contributed by atoms with Gasteiger partial charge in [0.1, 0.15) is 0 Å². The summed E-state index contributed by atoms with van der Waals surface area (Å²) in [6.45, 7) is 0. The van der Waals surface area contributed by atoms with Crippen LogP contribution >= 0.6 is 0 Å². The van der Waals surface area contributed by atoms with E-state index < -0.39 is 11.4 Å². The van der Waals surface area contributed by atoms with Crippen molar-refractivity contribution in [1.82, 2.24) is 9.97 Å². The fourth-order valence-electron chi connectivity index (χ4n) is 0.891. The highest BCUT2D eigenvalue weighted by Crippen LogP contribution is 2.06. The molecular weight excluding hydrogens is 168 g/mol. The molecule has 68 valence electrons. The highest BCUT2D eigenvalue weighted by Gasteiger charge is 2.30. The number of hydrogen-bond donors (Lipinski definition) is 3. The number of rotatable bonds is 3. The molecule has 0 saturated heterocycles. The number of aromatic amines is 1. The van der Waals surface area contributed by atoms with Crippen molar-refractivity contribution in [3.63, 3.8) is 0 Å². The lowest BCUT2D eigenvalue weighted by Crippen LogP contribution is -2.52. The predicted octanol–water partition coefficient (Wildman–Crippen LogP) is -1.23. The van der Waals surface area contributed by atoms with Gasteiger partial charge in [-0.2, -0.15) is 0 Å². The van der Waals surface area contributed by atoms with E-state index in [0.717, 1.165) is 0 Å². The second kappa shape index (κ2) is 3.29. The monoisotopic (exact) mass is 178 g/mol. The third-order valence-electron chi connectivity index (χ3n) is 1.72. The van der Waals surface area contributed by atoms with Gasteiger partial charge in [-0.1, -0.05) is 5.92 Å². The van der Waals surface area contributed by atoms with E-state index >= 15 is 0 Å². The Bertz CT molecular complexity index is 338. The first-order valence-corrected chi connectivity index (χ1v) is 3.62. The number of nitrogens with one attached hydrogen (secondary N) is 1. The van der Waals surface area contributed by atoms with Gasteiger partial charge >= 0.3 is 0 Å². The first-order chi connectivity index (χ1) is 6.08. The van der Waals surface area contributed by atoms with Crippen LogP contribution in [0.3, 0.4) is 0 Å². The Morgan fingerprint density at radius 2 is 2.54 bits per heavy atom. The van der Waals surface area contributed by atoms with Crippen LogP contribution in [0.1, 0.15) is 5.69 Å². The number of H-pyrrole nitrogens is 1. The van der Waals surface area contributed by atoms with Gasteiger partial charge in [0.25, 0.3) is 0 Å². The molecule has 1 aromatic rings. The van der Waals surface area contributed by atoms with Crippen LogP contribution in [-0.2, 0) is 11.2 Å². The molecule has 5 N–H and O–H groups in total. The molecule has 0 radical (unpaired) electrons. The van der Waals surface area contributed by atoms with Gasteiger partial charge in [0, 0.05) is 18.3 Å². The minimum absolute atomic E-state index is 0.166. The minimum atomic E-state index is -1.44. The van der Waals surface area contributed by atoms with Crippen LogP contribution in [0.15, 0.2) is 12.5 Å². The number of amides is 1. The topological polar surface area (TPSA) is 97.8 Å². The molecule has 1 amide bonds. The van der Waals surface area contributed by atoms with Gasteiger partial charge in [0.05, 0.1) is 6.33 Å². The van der Waals surface area contributed by atoms with Crippen LogP contribution < -0.4 is 11.5 Å². The molecule has 13 heavy (non-hydrogen) atoms. The van der Waals surface area contributed by atoms with Gasteiger partial charge in [0.2, 0.25) is 5.91 Å². The maximum absolute atomic E-state index is 10.9. The summed E-state index contributed by atoms with van der Waals surface area (Å²) in [6.07, 6.45) is 8.30. The summed E-state index contributed by atoms with van der Waals surface area (Å²) >= 11 is 0. The van der Waals surface area contributed by atoms with E-state index in [-0.39, 0.29) is 6.42 Å². The lowest BCUT2D eigenvalue weighted by molar-refractivity contribution is -0.121. The van der Waals surface area contributed by atoms with Crippen molar-refractivity contribution in [3.05, 3.63) is 18.2 Å². The van der Waals surface area contributed by atoms with E-state index in [9.17, 15) is 4.79 Å². The Morgan fingerprint density at radius 3 is 2.92 bits per heavy atom. The van der Waals surface area contributed by atoms with Crippen LogP contribution in [0.4, 0.5) is 0 Å². The van der Waals surface area contributed by atoms with Gasteiger partial charge < -0.3 is 16.5 Å². The summed E-state index contributed by atoms with van der Waals surface area (Å²) in [5.41, 5.74) is 9.87. The molecular formula is C8H10N4O. The van der Waals surface area contributed by atoms with Crippen LogP contribution in [0.25, 0.3) is 0 Å². The number of aromatic nitrogens is 2. The van der Waals surface area contributed by atoms with Crippen LogP contribution in [0.5, 0.6) is 0 Å². The minimum Gasteiger partial charge on any atom is -0.367 e. The van der Waals surface area contributed by atoms with E-state index in [0.29, 0.717) is 5.69 Å². The van der Waals surface area contributed by atoms with Gasteiger partial charge in [-0.3, -0.25) is 4.79 Å². The molecule has 1 rings (SSSR count). The molecule has 0 aliphatic heterocycles. The largest absolute Gasteiger partial charge is 0.367 e. The standard InChI is InChI=1S/C8H10N4O/c1-2-8(10,7(9)13)3-6-4-11-5-12-6/h1,4-5H,3,10H2,(H2,9,13)(H,11,12). The van der Waals surface area contributed by atoms with Crippen molar-refractivity contribution < 1.29 is 4.79 Å². The summed E-state index contributed by atoms with van der Waals surface area (Å²) in [6, 6.07) is 0. The molecule has 5 heteroatoms. The number of imidazole rings is 1. The van der Waals surface area contributed by atoms with E-state index in [1.807, 2.05) is 0 Å². The Labute approximate surface area is 75.5 Å². The smallest absolute Gasteiger partial charge is 0.250 e. The number of nitrogens with two attached hydrogens (primary N) is 2. The van der Waals surface area contributed by atoms with E-state index in [2.05, 4.69) is 15.9 Å². The maximum Gasteiger partial charge on any atom is 0.250 e. The SMILES string of the molecule is C#CC(N)(Cc1cnc[nH]1)C(N)=O. The van der Waals surface area contributed by atoms with E-state index in [4.69, 9.17) is 17.9 Å². The quantitative estimate of drug-likeness (QED) is 0.505.